The average Bonchev–Trinajstić information content (AvgIpc) is 3.10. The summed E-state index contributed by atoms with van der Waals surface area (Å²) in [5, 5.41) is 20.1. The van der Waals surface area contributed by atoms with Crippen LogP contribution >= 0.6 is 7.75 Å². The Hall–Kier alpha value is -0.130. The molecule has 0 aromatic rings. The van der Waals surface area contributed by atoms with Crippen molar-refractivity contribution in [1.82, 2.24) is 31.7 Å². The highest BCUT2D eigenvalue weighted by atomic mass is 31.2. The van der Waals surface area contributed by atoms with Crippen LogP contribution < -0.4 is 37.4 Å². The van der Waals surface area contributed by atoms with E-state index in [0.717, 1.165) is 91.1 Å². The van der Waals surface area contributed by atoms with Crippen molar-refractivity contribution in [2.45, 2.75) is 155 Å². The maximum atomic E-state index is 13.5. The molecule has 11 heteroatoms. The second-order valence-corrected chi connectivity index (χ2v) is 15.5. The third-order valence-electron chi connectivity index (χ3n) is 8.86. The first-order valence-electron chi connectivity index (χ1n) is 21.1. The highest BCUT2D eigenvalue weighted by Crippen LogP contribution is 2.43. The second-order valence-electron chi connectivity index (χ2n) is 13.7. The lowest BCUT2D eigenvalue weighted by atomic mass is 10.1. The molecule has 0 bridgehead atoms. The zero-order valence-electron chi connectivity index (χ0n) is 32.7. The van der Waals surface area contributed by atoms with Gasteiger partial charge in [-0.05, 0) is 12.8 Å². The van der Waals surface area contributed by atoms with Crippen LogP contribution in [0.5, 0.6) is 0 Å². The van der Waals surface area contributed by atoms with Gasteiger partial charge in [-0.1, -0.05) is 142 Å². The Morgan fingerprint density at radius 1 is 0.388 bits per heavy atom. The minimum Gasteiger partial charge on any atom is -0.329 e. The van der Waals surface area contributed by atoms with Crippen LogP contribution in [0.4, 0.5) is 0 Å². The SMILES string of the molecule is CCCCCCCCCCCCCOP(=O)(NCCNCCNCCNCCNCCNCCN)OCCCCCCCCCCCCC. The molecule has 296 valence electrons. The first-order chi connectivity index (χ1) is 24.2. The molecule has 0 heterocycles. The lowest BCUT2D eigenvalue weighted by Gasteiger charge is -2.20. The normalized spacial score (nSPS) is 12.0. The summed E-state index contributed by atoms with van der Waals surface area (Å²) in [7, 11) is -3.30. The summed E-state index contributed by atoms with van der Waals surface area (Å²) in [5.74, 6) is 0. The fourth-order valence-corrected chi connectivity index (χ4v) is 7.13. The van der Waals surface area contributed by atoms with Crippen LogP contribution in [0.2, 0.25) is 0 Å². The third kappa shape index (κ3) is 40.5. The average molecular weight is 720 g/mol. The predicted molar refractivity (Wildman–Crippen MR) is 214 cm³/mol. The van der Waals surface area contributed by atoms with Crippen LogP contribution in [0.15, 0.2) is 0 Å². The zero-order valence-corrected chi connectivity index (χ0v) is 33.6. The molecule has 0 saturated heterocycles. The number of hydrogen-bond donors (Lipinski definition) is 7. The maximum absolute atomic E-state index is 13.5. The Morgan fingerprint density at radius 3 is 0.959 bits per heavy atom. The van der Waals surface area contributed by atoms with Gasteiger partial charge in [-0.3, -0.25) is 9.05 Å². The molecule has 0 spiro atoms. The van der Waals surface area contributed by atoms with E-state index in [2.05, 4.69) is 45.5 Å². The number of unbranched alkanes of at least 4 members (excludes halogenated alkanes) is 20. The molecule has 0 atom stereocenters. The van der Waals surface area contributed by atoms with Crippen molar-refractivity contribution in [2.24, 2.45) is 5.73 Å². The van der Waals surface area contributed by atoms with E-state index in [9.17, 15) is 4.57 Å². The van der Waals surface area contributed by atoms with Gasteiger partial charge in [0.15, 0.2) is 0 Å². The number of rotatable bonds is 44. The molecule has 0 fully saturated rings. The van der Waals surface area contributed by atoms with E-state index >= 15 is 0 Å². The predicted octanol–water partition coefficient (Wildman–Crippen LogP) is 7.25. The molecule has 49 heavy (non-hydrogen) atoms. The fourth-order valence-electron chi connectivity index (χ4n) is 5.75. The molecule has 0 amide bonds. The monoisotopic (exact) mass is 720 g/mol. The Bertz CT molecular complexity index is 635. The van der Waals surface area contributed by atoms with Crippen molar-refractivity contribution < 1.29 is 13.6 Å². The van der Waals surface area contributed by atoms with Gasteiger partial charge in [0.05, 0.1) is 13.2 Å². The molecule has 0 aromatic carbocycles. The van der Waals surface area contributed by atoms with E-state index in [1.54, 1.807) is 0 Å². The number of nitrogens with two attached hydrogens (primary N) is 1. The first kappa shape index (κ1) is 48.9. The molecule has 10 nitrogen and oxygen atoms in total. The highest BCUT2D eigenvalue weighted by molar-refractivity contribution is 7.51. The molecule has 0 unspecified atom stereocenters. The molecule has 0 aliphatic heterocycles. The zero-order chi connectivity index (χ0) is 35.6. The summed E-state index contributed by atoms with van der Waals surface area (Å²) < 4.78 is 25.3. The summed E-state index contributed by atoms with van der Waals surface area (Å²) >= 11 is 0. The molecule has 0 aromatic heterocycles. The van der Waals surface area contributed by atoms with Crippen LogP contribution in [0.1, 0.15) is 155 Å². The van der Waals surface area contributed by atoms with Gasteiger partial charge in [-0.25, -0.2) is 9.65 Å². The van der Waals surface area contributed by atoms with Gasteiger partial charge in [0.25, 0.3) is 0 Å². The minimum atomic E-state index is -3.30. The van der Waals surface area contributed by atoms with Crippen LogP contribution in [0.25, 0.3) is 0 Å². The van der Waals surface area contributed by atoms with Crippen molar-refractivity contribution in [2.75, 3.05) is 91.8 Å². The standard InChI is InChI=1S/C38H86N7O3P/c1-3-5-7-9-11-13-15-17-19-21-23-37-47-49(46,48-38-24-22-20-18-16-14-12-10-8-6-4-2)45-36-35-44-34-33-43-32-31-42-30-29-41-28-27-40-26-25-39/h40-44H,3-39H2,1-2H3,(H,45,46). The van der Waals surface area contributed by atoms with Crippen molar-refractivity contribution in [3.8, 4) is 0 Å². The molecule has 0 aliphatic rings. The molecule has 0 rings (SSSR count). The van der Waals surface area contributed by atoms with Crippen molar-refractivity contribution >= 4 is 7.75 Å². The maximum Gasteiger partial charge on any atom is 0.405 e. The van der Waals surface area contributed by atoms with Gasteiger partial charge in [0.2, 0.25) is 0 Å². The van der Waals surface area contributed by atoms with Crippen LogP contribution in [0.3, 0.4) is 0 Å². The third-order valence-corrected chi connectivity index (χ3v) is 10.5. The van der Waals surface area contributed by atoms with Gasteiger partial charge in [0, 0.05) is 78.5 Å². The van der Waals surface area contributed by atoms with E-state index in [-0.39, 0.29) is 0 Å². The summed E-state index contributed by atoms with van der Waals surface area (Å²) in [6.07, 6.45) is 28.3. The highest BCUT2D eigenvalue weighted by Gasteiger charge is 2.23. The van der Waals surface area contributed by atoms with Crippen molar-refractivity contribution in [1.29, 1.82) is 0 Å². The van der Waals surface area contributed by atoms with Crippen molar-refractivity contribution in [3.63, 3.8) is 0 Å². The summed E-state index contributed by atoms with van der Waals surface area (Å²) in [6, 6.07) is 0. The van der Waals surface area contributed by atoms with Gasteiger partial charge in [-0.15, -0.1) is 0 Å². The number of hydrogen-bond acceptors (Lipinski definition) is 9. The molecule has 8 N–H and O–H groups in total. The molecule has 0 radical (unpaired) electrons. The molecular formula is C38H86N7O3P. The van der Waals surface area contributed by atoms with Gasteiger partial charge in [0.1, 0.15) is 0 Å². The van der Waals surface area contributed by atoms with Gasteiger partial charge >= 0.3 is 7.75 Å². The Morgan fingerprint density at radius 2 is 0.653 bits per heavy atom. The summed E-state index contributed by atoms with van der Waals surface area (Å²) in [4.78, 5) is 0. The fraction of sp³-hybridized carbons (Fsp3) is 1.00. The van der Waals surface area contributed by atoms with Crippen LogP contribution in [-0.2, 0) is 13.6 Å². The lowest BCUT2D eigenvalue weighted by molar-refractivity contribution is 0.189. The first-order valence-corrected chi connectivity index (χ1v) is 22.6. The van der Waals surface area contributed by atoms with E-state index < -0.39 is 7.75 Å². The molecular weight excluding hydrogens is 633 g/mol. The van der Waals surface area contributed by atoms with Gasteiger partial charge < -0.3 is 32.3 Å². The number of nitrogens with one attached hydrogen (secondary N) is 6. The topological polar surface area (TPSA) is 134 Å². The largest absolute Gasteiger partial charge is 0.405 e. The van der Waals surface area contributed by atoms with E-state index in [0.29, 0.717) is 26.3 Å². The lowest BCUT2D eigenvalue weighted by Crippen LogP contribution is -2.37. The Labute approximate surface area is 305 Å². The van der Waals surface area contributed by atoms with Crippen molar-refractivity contribution in [3.05, 3.63) is 0 Å². The Kier molecular flexibility index (Phi) is 42.2. The molecule has 0 aliphatic carbocycles. The molecule has 0 saturated carbocycles. The van der Waals surface area contributed by atoms with E-state index in [4.69, 9.17) is 14.8 Å². The Balaban J connectivity index is 4.04. The van der Waals surface area contributed by atoms with E-state index in [1.807, 2.05) is 0 Å². The van der Waals surface area contributed by atoms with Gasteiger partial charge in [-0.2, -0.15) is 0 Å². The van der Waals surface area contributed by atoms with E-state index in [1.165, 1.54) is 116 Å². The van der Waals surface area contributed by atoms with Crippen LogP contribution in [-0.4, -0.2) is 91.8 Å². The second kappa shape index (κ2) is 42.3. The van der Waals surface area contributed by atoms with Crippen LogP contribution in [0, 0.1) is 0 Å². The minimum absolute atomic E-state index is 0.493. The smallest absolute Gasteiger partial charge is 0.329 e. The quantitative estimate of drug-likeness (QED) is 0.0255. The summed E-state index contributed by atoms with van der Waals surface area (Å²) in [5.41, 5.74) is 5.47. The summed E-state index contributed by atoms with van der Waals surface area (Å²) in [6.45, 7) is 15.9.